The Labute approximate surface area is 177 Å². The summed E-state index contributed by atoms with van der Waals surface area (Å²) in [6.07, 6.45) is 6.11. The fourth-order valence-corrected chi connectivity index (χ4v) is 5.32. The number of benzene rings is 1. The Bertz CT molecular complexity index is 738. The minimum Gasteiger partial charge on any atom is -0.545 e. The zero-order valence-corrected chi connectivity index (χ0v) is 19.9. The van der Waals surface area contributed by atoms with Crippen LogP contribution in [0.15, 0.2) is 42.2 Å². The van der Waals surface area contributed by atoms with Crippen LogP contribution < -0.4 is 0 Å². The third kappa shape index (κ3) is 4.71. The number of hydrogen-bond acceptors (Lipinski definition) is 3. The molecule has 0 aliphatic carbocycles. The number of carbonyl (C=O) groups is 1. The molecule has 0 aromatic heterocycles. The lowest BCUT2D eigenvalue weighted by Crippen LogP contribution is -2.57. The monoisotopic (exact) mass is 415 g/mol. The fraction of sp³-hybridized carbons (Fsp3) is 0.625. The smallest absolute Gasteiger partial charge is 0.410 e. The highest BCUT2D eigenvalue weighted by molar-refractivity contribution is 6.74. The van der Waals surface area contributed by atoms with Crippen molar-refractivity contribution in [2.45, 2.75) is 90.2 Å². The molecule has 4 nitrogen and oxygen atoms in total. The van der Waals surface area contributed by atoms with Gasteiger partial charge in [-0.3, -0.25) is 4.90 Å². The van der Waals surface area contributed by atoms with Crippen molar-refractivity contribution in [2.75, 3.05) is 0 Å². The Morgan fingerprint density at radius 3 is 2.48 bits per heavy atom. The molecule has 160 valence electrons. The molecule has 1 amide bonds. The molecule has 29 heavy (non-hydrogen) atoms. The topological polar surface area (TPSA) is 38.8 Å². The average Bonchev–Trinajstić information content (AvgIpc) is 2.67. The second-order valence-electron chi connectivity index (χ2n) is 9.98. The third-order valence-corrected chi connectivity index (χ3v) is 11.4. The van der Waals surface area contributed by atoms with Crippen molar-refractivity contribution in [1.82, 2.24) is 4.90 Å². The normalized spacial score (nSPS) is 24.7. The summed E-state index contributed by atoms with van der Waals surface area (Å²) in [7, 11) is -1.96. The van der Waals surface area contributed by atoms with Crippen molar-refractivity contribution >= 4 is 14.4 Å². The van der Waals surface area contributed by atoms with Gasteiger partial charge in [0.1, 0.15) is 6.61 Å². The van der Waals surface area contributed by atoms with E-state index in [1.165, 1.54) is 0 Å². The minimum absolute atomic E-state index is 0.00829. The van der Waals surface area contributed by atoms with Crippen LogP contribution in [0, 0.1) is 5.92 Å². The SMILES string of the molecule is CC[C@@H]1CC[C@@H]2C(O[Si](C)(C)C(C)(C)C)=CC[C@H]1N2C(=O)OCc1ccccc1. The Hall–Kier alpha value is -1.75. The van der Waals surface area contributed by atoms with E-state index < -0.39 is 8.32 Å². The number of nitrogens with zero attached hydrogens (tertiary/aromatic N) is 1. The highest BCUT2D eigenvalue weighted by atomic mass is 28.4. The summed E-state index contributed by atoms with van der Waals surface area (Å²) in [6, 6.07) is 10.1. The van der Waals surface area contributed by atoms with Crippen molar-refractivity contribution in [1.29, 1.82) is 0 Å². The average molecular weight is 416 g/mol. The molecule has 0 radical (unpaired) electrons. The summed E-state index contributed by atoms with van der Waals surface area (Å²) < 4.78 is 12.4. The summed E-state index contributed by atoms with van der Waals surface area (Å²) in [5.74, 6) is 1.53. The van der Waals surface area contributed by atoms with Gasteiger partial charge in [0.2, 0.25) is 8.32 Å². The summed E-state index contributed by atoms with van der Waals surface area (Å²) in [5.41, 5.74) is 1.02. The molecule has 3 atom stereocenters. The molecule has 3 rings (SSSR count). The van der Waals surface area contributed by atoms with Crippen LogP contribution in [0.25, 0.3) is 0 Å². The number of hydrogen-bond donors (Lipinski definition) is 0. The molecule has 0 unspecified atom stereocenters. The van der Waals surface area contributed by atoms with Crippen molar-refractivity contribution < 1.29 is 14.0 Å². The Morgan fingerprint density at radius 1 is 1.17 bits per heavy atom. The van der Waals surface area contributed by atoms with Crippen LogP contribution in [-0.2, 0) is 15.8 Å². The highest BCUT2D eigenvalue weighted by Crippen LogP contribution is 2.44. The predicted octanol–water partition coefficient (Wildman–Crippen LogP) is 6.49. The van der Waals surface area contributed by atoms with E-state index >= 15 is 0 Å². The molecule has 2 heterocycles. The zero-order chi connectivity index (χ0) is 21.2. The molecule has 1 aromatic rings. The molecule has 2 aliphatic rings. The first-order chi connectivity index (χ1) is 13.6. The van der Waals surface area contributed by atoms with Crippen molar-refractivity contribution in [3.8, 4) is 0 Å². The molecule has 2 aliphatic heterocycles. The molecule has 1 saturated heterocycles. The van der Waals surface area contributed by atoms with E-state index in [1.54, 1.807) is 0 Å². The summed E-state index contributed by atoms with van der Waals surface area (Å²) in [5, 5.41) is 0.129. The number of piperidine rings is 1. The lowest BCUT2D eigenvalue weighted by atomic mass is 9.79. The van der Waals surface area contributed by atoms with Crippen molar-refractivity contribution in [3.05, 3.63) is 47.7 Å². The van der Waals surface area contributed by atoms with Crippen LogP contribution >= 0.6 is 0 Å². The van der Waals surface area contributed by atoms with Gasteiger partial charge in [-0.25, -0.2) is 4.79 Å². The van der Waals surface area contributed by atoms with Gasteiger partial charge in [0.15, 0.2) is 0 Å². The van der Waals surface area contributed by atoms with Gasteiger partial charge in [-0.05, 0) is 55.0 Å². The van der Waals surface area contributed by atoms with E-state index in [9.17, 15) is 4.79 Å². The first-order valence-corrected chi connectivity index (χ1v) is 13.9. The van der Waals surface area contributed by atoms with E-state index in [2.05, 4.69) is 46.9 Å². The van der Waals surface area contributed by atoms with E-state index in [4.69, 9.17) is 9.16 Å². The van der Waals surface area contributed by atoms with Crippen LogP contribution in [0.1, 0.15) is 58.9 Å². The zero-order valence-electron chi connectivity index (χ0n) is 18.9. The van der Waals surface area contributed by atoms with Crippen molar-refractivity contribution in [2.24, 2.45) is 5.92 Å². The maximum absolute atomic E-state index is 13.2. The molecule has 0 spiro atoms. The van der Waals surface area contributed by atoms with Gasteiger partial charge in [-0.1, -0.05) is 64.4 Å². The molecule has 5 heteroatoms. The Balaban J connectivity index is 1.79. The number of rotatable bonds is 5. The first kappa shape index (κ1) is 21.9. The summed E-state index contributed by atoms with van der Waals surface area (Å²) in [4.78, 5) is 15.2. The first-order valence-electron chi connectivity index (χ1n) is 11.0. The third-order valence-electron chi connectivity index (χ3n) is 7.06. The Morgan fingerprint density at radius 2 is 1.86 bits per heavy atom. The molecule has 1 fully saturated rings. The van der Waals surface area contributed by atoms with E-state index in [1.807, 2.05) is 35.2 Å². The minimum atomic E-state index is -1.96. The standard InChI is InChI=1S/C24H37NO3Si/c1-7-19-13-14-21-22(28-29(5,6)24(2,3)4)16-15-20(19)25(21)23(26)27-17-18-11-9-8-10-12-18/h8-12,16,19-21H,7,13-15,17H2,1-6H3/t19-,20-,21-/m1/s1. The van der Waals surface area contributed by atoms with Crippen molar-refractivity contribution in [3.63, 3.8) is 0 Å². The number of carbonyl (C=O) groups excluding carboxylic acids is 1. The molecular formula is C24H37NO3Si. The van der Waals surface area contributed by atoms with Crippen LogP contribution in [0.5, 0.6) is 0 Å². The highest BCUT2D eigenvalue weighted by Gasteiger charge is 2.47. The summed E-state index contributed by atoms with van der Waals surface area (Å²) in [6.45, 7) is 13.9. The van der Waals surface area contributed by atoms with Crippen LogP contribution in [-0.4, -0.2) is 31.4 Å². The van der Waals surface area contributed by atoms with Crippen LogP contribution in [0.2, 0.25) is 18.1 Å². The van der Waals surface area contributed by atoms with Gasteiger partial charge in [-0.15, -0.1) is 0 Å². The number of ether oxygens (including phenoxy) is 1. The summed E-state index contributed by atoms with van der Waals surface area (Å²) >= 11 is 0. The molecule has 2 bridgehead atoms. The maximum atomic E-state index is 13.2. The molecule has 0 N–H and O–H groups in total. The number of amides is 1. The van der Waals surface area contributed by atoms with Gasteiger partial charge in [0.05, 0.1) is 11.8 Å². The van der Waals surface area contributed by atoms with Crippen LogP contribution in [0.3, 0.4) is 0 Å². The van der Waals surface area contributed by atoms with E-state index in [0.717, 1.165) is 37.0 Å². The predicted molar refractivity (Wildman–Crippen MR) is 120 cm³/mol. The molecule has 1 aromatic carbocycles. The van der Waals surface area contributed by atoms with E-state index in [0.29, 0.717) is 12.5 Å². The lowest BCUT2D eigenvalue weighted by molar-refractivity contribution is 0.0108. The van der Waals surface area contributed by atoms with Gasteiger partial charge >= 0.3 is 6.09 Å². The lowest BCUT2D eigenvalue weighted by Gasteiger charge is -2.50. The second-order valence-corrected chi connectivity index (χ2v) is 14.7. The number of fused-ring (bicyclic) bond motifs is 2. The maximum Gasteiger partial charge on any atom is 0.410 e. The van der Waals surface area contributed by atoms with Gasteiger partial charge in [0, 0.05) is 6.04 Å². The fourth-order valence-electron chi connectivity index (χ4n) is 4.21. The van der Waals surface area contributed by atoms with Gasteiger partial charge < -0.3 is 9.16 Å². The van der Waals surface area contributed by atoms with Crippen LogP contribution in [0.4, 0.5) is 4.79 Å². The second kappa shape index (κ2) is 8.55. The molecular weight excluding hydrogens is 378 g/mol. The van der Waals surface area contributed by atoms with Gasteiger partial charge in [-0.2, -0.15) is 0 Å². The van der Waals surface area contributed by atoms with Gasteiger partial charge in [0.25, 0.3) is 0 Å². The largest absolute Gasteiger partial charge is 0.545 e. The quantitative estimate of drug-likeness (QED) is 0.516. The molecule has 0 saturated carbocycles. The van der Waals surface area contributed by atoms with E-state index in [-0.39, 0.29) is 23.2 Å². The Kier molecular flexibility index (Phi) is 6.47.